The molecule has 4 rings (SSSR count). The fourth-order valence-electron chi connectivity index (χ4n) is 4.66. The molecule has 0 spiro atoms. The lowest BCUT2D eigenvalue weighted by atomic mass is 9.73. The quantitative estimate of drug-likeness (QED) is 0.601. The van der Waals surface area contributed by atoms with Gasteiger partial charge in [0.05, 0.1) is 5.41 Å². The average molecular weight is 442 g/mol. The molecule has 1 N–H and O–H groups in total. The van der Waals surface area contributed by atoms with Crippen LogP contribution in [0.4, 0.5) is 0 Å². The van der Waals surface area contributed by atoms with E-state index < -0.39 is 5.41 Å². The van der Waals surface area contributed by atoms with Gasteiger partial charge in [0.25, 0.3) is 5.91 Å². The van der Waals surface area contributed by atoms with Gasteiger partial charge >= 0.3 is 0 Å². The number of carbonyl (C=O) groups is 2. The van der Waals surface area contributed by atoms with E-state index in [1.54, 1.807) is 23.2 Å². The zero-order chi connectivity index (χ0) is 23.3. The first kappa shape index (κ1) is 22.7. The summed E-state index contributed by atoms with van der Waals surface area (Å²) in [5.41, 5.74) is 3.12. The van der Waals surface area contributed by atoms with Gasteiger partial charge in [-0.15, -0.1) is 0 Å². The molecular formula is C28H31N3O2. The molecule has 170 valence electrons. The van der Waals surface area contributed by atoms with E-state index in [9.17, 15) is 9.59 Å². The second-order valence-corrected chi connectivity index (χ2v) is 9.20. The van der Waals surface area contributed by atoms with Crippen molar-refractivity contribution in [3.05, 3.63) is 90.3 Å². The summed E-state index contributed by atoms with van der Waals surface area (Å²) < 4.78 is 0. The number of nitrogens with zero attached hydrogens (tertiary/aromatic N) is 2. The molecule has 2 heterocycles. The maximum Gasteiger partial charge on any atom is 0.272 e. The fourth-order valence-corrected chi connectivity index (χ4v) is 4.66. The normalized spacial score (nSPS) is 18.2. The molecule has 0 saturated carbocycles. The lowest BCUT2D eigenvalue weighted by Gasteiger charge is -2.42. The van der Waals surface area contributed by atoms with E-state index in [-0.39, 0.29) is 17.9 Å². The number of nitrogens with one attached hydrogen (secondary N) is 1. The molecule has 0 aliphatic carbocycles. The topological polar surface area (TPSA) is 62.3 Å². The van der Waals surface area contributed by atoms with E-state index in [4.69, 9.17) is 0 Å². The first-order valence-corrected chi connectivity index (χ1v) is 11.6. The van der Waals surface area contributed by atoms with E-state index in [1.165, 1.54) is 0 Å². The highest BCUT2D eigenvalue weighted by Crippen LogP contribution is 2.36. The van der Waals surface area contributed by atoms with Crippen molar-refractivity contribution in [2.24, 2.45) is 5.41 Å². The largest absolute Gasteiger partial charge is 0.353 e. The number of aromatic nitrogens is 1. The van der Waals surface area contributed by atoms with Crippen LogP contribution < -0.4 is 5.32 Å². The molecule has 2 amide bonds. The first-order chi connectivity index (χ1) is 16.0. The van der Waals surface area contributed by atoms with Crippen LogP contribution in [0.1, 0.15) is 42.7 Å². The summed E-state index contributed by atoms with van der Waals surface area (Å²) in [5.74, 6) is -0.101. The molecule has 1 aliphatic heterocycles. The second-order valence-electron chi connectivity index (χ2n) is 9.20. The zero-order valence-electron chi connectivity index (χ0n) is 19.3. The Hall–Kier alpha value is -3.47. The predicted molar refractivity (Wildman–Crippen MR) is 131 cm³/mol. The van der Waals surface area contributed by atoms with Crippen LogP contribution in [0.25, 0.3) is 11.1 Å². The molecule has 1 saturated heterocycles. The highest BCUT2D eigenvalue weighted by atomic mass is 16.2. The number of piperidine rings is 1. The van der Waals surface area contributed by atoms with Crippen LogP contribution in [0.5, 0.6) is 0 Å². The van der Waals surface area contributed by atoms with Crippen LogP contribution in [0.3, 0.4) is 0 Å². The van der Waals surface area contributed by atoms with Crippen LogP contribution in [0.2, 0.25) is 0 Å². The molecule has 0 bridgehead atoms. The number of pyridine rings is 1. The van der Waals surface area contributed by atoms with Crippen LogP contribution >= 0.6 is 0 Å². The first-order valence-electron chi connectivity index (χ1n) is 11.6. The van der Waals surface area contributed by atoms with Gasteiger partial charge in [0.15, 0.2) is 0 Å². The van der Waals surface area contributed by atoms with E-state index in [1.807, 2.05) is 44.2 Å². The van der Waals surface area contributed by atoms with Gasteiger partial charge in [-0.3, -0.25) is 14.6 Å². The number of amides is 2. The monoisotopic (exact) mass is 441 g/mol. The Labute approximate surface area is 195 Å². The number of likely N-dealkylation sites (tertiary alicyclic amines) is 1. The van der Waals surface area contributed by atoms with Crippen LogP contribution in [-0.2, 0) is 11.2 Å². The Morgan fingerprint density at radius 2 is 1.76 bits per heavy atom. The third-order valence-corrected chi connectivity index (χ3v) is 6.23. The summed E-state index contributed by atoms with van der Waals surface area (Å²) in [6, 6.07) is 24.0. The molecule has 2 aromatic carbocycles. The van der Waals surface area contributed by atoms with Crippen molar-refractivity contribution in [1.29, 1.82) is 0 Å². The lowest BCUT2D eigenvalue weighted by Crippen LogP contribution is -2.55. The van der Waals surface area contributed by atoms with Crippen molar-refractivity contribution in [3.63, 3.8) is 0 Å². The van der Waals surface area contributed by atoms with Crippen molar-refractivity contribution < 1.29 is 9.59 Å². The molecule has 3 aromatic rings. The van der Waals surface area contributed by atoms with Crippen molar-refractivity contribution >= 4 is 11.8 Å². The Morgan fingerprint density at radius 1 is 1.00 bits per heavy atom. The Kier molecular flexibility index (Phi) is 6.87. The lowest BCUT2D eigenvalue weighted by molar-refractivity contribution is -0.134. The van der Waals surface area contributed by atoms with Gasteiger partial charge < -0.3 is 10.2 Å². The van der Waals surface area contributed by atoms with Gasteiger partial charge in [-0.1, -0.05) is 60.7 Å². The van der Waals surface area contributed by atoms with Crippen molar-refractivity contribution in [1.82, 2.24) is 15.2 Å². The number of hydrogen-bond acceptors (Lipinski definition) is 3. The SMILES string of the molecule is CC(C)NC(=O)C1(Cc2cccc(-c3ccccc3)c2)CCCN(C(=O)c2ccccn2)C1. The second kappa shape index (κ2) is 9.99. The van der Waals surface area contributed by atoms with E-state index >= 15 is 0 Å². The molecule has 1 atom stereocenters. The highest BCUT2D eigenvalue weighted by molar-refractivity contribution is 5.93. The molecular weight excluding hydrogens is 410 g/mol. The third-order valence-electron chi connectivity index (χ3n) is 6.23. The van der Waals surface area contributed by atoms with Gasteiger partial charge in [-0.25, -0.2) is 0 Å². The highest BCUT2D eigenvalue weighted by Gasteiger charge is 2.44. The average Bonchev–Trinajstić information content (AvgIpc) is 2.84. The molecule has 0 radical (unpaired) electrons. The number of hydrogen-bond donors (Lipinski definition) is 1. The van der Waals surface area contributed by atoms with Gasteiger partial charge in [-0.05, 0) is 61.9 Å². The van der Waals surface area contributed by atoms with Gasteiger partial charge in [0, 0.05) is 25.3 Å². The van der Waals surface area contributed by atoms with E-state index in [0.29, 0.717) is 25.2 Å². The summed E-state index contributed by atoms with van der Waals surface area (Å²) in [4.78, 5) is 32.7. The molecule has 5 heteroatoms. The molecule has 1 fully saturated rings. The summed E-state index contributed by atoms with van der Waals surface area (Å²) in [5, 5.41) is 3.13. The minimum atomic E-state index is -0.678. The Balaban J connectivity index is 1.64. The summed E-state index contributed by atoms with van der Waals surface area (Å²) >= 11 is 0. The predicted octanol–water partition coefficient (Wildman–Crippen LogP) is 4.74. The number of benzene rings is 2. The minimum absolute atomic E-state index is 0.0149. The molecule has 33 heavy (non-hydrogen) atoms. The standard InChI is InChI=1S/C28H31N3O2/c1-21(2)30-27(33)28(15-9-17-31(20-28)26(32)25-14-6-7-16-29-25)19-22-10-8-13-24(18-22)23-11-4-3-5-12-23/h3-8,10-14,16,18,21H,9,15,17,19-20H2,1-2H3,(H,30,33). The maximum absolute atomic E-state index is 13.5. The van der Waals surface area contributed by atoms with Crippen LogP contribution in [0.15, 0.2) is 79.0 Å². The summed E-state index contributed by atoms with van der Waals surface area (Å²) in [7, 11) is 0. The van der Waals surface area contributed by atoms with Crippen molar-refractivity contribution in [2.75, 3.05) is 13.1 Å². The zero-order valence-corrected chi connectivity index (χ0v) is 19.3. The van der Waals surface area contributed by atoms with E-state index in [0.717, 1.165) is 29.5 Å². The van der Waals surface area contributed by atoms with Crippen LogP contribution in [0, 0.1) is 5.41 Å². The molecule has 1 unspecified atom stereocenters. The Morgan fingerprint density at radius 3 is 2.48 bits per heavy atom. The van der Waals surface area contributed by atoms with Gasteiger partial charge in [0.2, 0.25) is 5.91 Å². The smallest absolute Gasteiger partial charge is 0.272 e. The van der Waals surface area contributed by atoms with Crippen LogP contribution in [-0.4, -0.2) is 40.8 Å². The van der Waals surface area contributed by atoms with Crippen molar-refractivity contribution in [2.45, 2.75) is 39.2 Å². The summed E-state index contributed by atoms with van der Waals surface area (Å²) in [6.45, 7) is 4.97. The van der Waals surface area contributed by atoms with Crippen molar-refractivity contribution in [3.8, 4) is 11.1 Å². The molecule has 5 nitrogen and oxygen atoms in total. The summed E-state index contributed by atoms with van der Waals surface area (Å²) in [6.07, 6.45) is 3.73. The fraction of sp³-hybridized carbons (Fsp3) is 0.321. The van der Waals surface area contributed by atoms with Gasteiger partial charge in [0.1, 0.15) is 5.69 Å². The molecule has 1 aliphatic rings. The van der Waals surface area contributed by atoms with E-state index in [2.05, 4.69) is 40.6 Å². The Bertz CT molecular complexity index is 1100. The third kappa shape index (κ3) is 5.30. The minimum Gasteiger partial charge on any atom is -0.353 e. The van der Waals surface area contributed by atoms with Gasteiger partial charge in [-0.2, -0.15) is 0 Å². The number of rotatable bonds is 6. The number of carbonyl (C=O) groups excluding carboxylic acids is 2. The maximum atomic E-state index is 13.5. The molecule has 1 aromatic heterocycles.